The average Bonchev–Trinajstić information content (AvgIpc) is 2.89. The molecule has 1 unspecified atom stereocenters. The molecule has 1 aliphatic rings. The van der Waals surface area contributed by atoms with Gasteiger partial charge in [-0.15, -0.1) is 0 Å². The van der Waals surface area contributed by atoms with Crippen LogP contribution in [0.4, 0.5) is 5.69 Å². The van der Waals surface area contributed by atoms with Crippen molar-refractivity contribution in [1.82, 2.24) is 5.32 Å². The van der Waals surface area contributed by atoms with Gasteiger partial charge in [0.1, 0.15) is 0 Å². The van der Waals surface area contributed by atoms with E-state index in [1.54, 1.807) is 0 Å². The maximum absolute atomic E-state index is 11.9. The molecule has 0 radical (unpaired) electrons. The zero-order valence-electron chi connectivity index (χ0n) is 10.0. The fourth-order valence-corrected chi connectivity index (χ4v) is 3.10. The van der Waals surface area contributed by atoms with Crippen LogP contribution in [0.5, 0.6) is 0 Å². The Morgan fingerprint density at radius 1 is 1.41 bits per heavy atom. The maximum atomic E-state index is 11.9. The van der Waals surface area contributed by atoms with Crippen molar-refractivity contribution < 1.29 is 4.79 Å². The van der Waals surface area contributed by atoms with Crippen LogP contribution in [0.3, 0.4) is 0 Å². The molecule has 0 spiro atoms. The second kappa shape index (κ2) is 5.96. The first-order valence-electron chi connectivity index (χ1n) is 5.97. The summed E-state index contributed by atoms with van der Waals surface area (Å²) in [5.41, 5.74) is 1.75. The van der Waals surface area contributed by atoms with E-state index < -0.39 is 0 Å². The van der Waals surface area contributed by atoms with Gasteiger partial charge in [-0.3, -0.25) is 4.79 Å². The standard InChI is InChI=1S/C13H18N2OS/c1-14-11-6-4-10(5-7-11)13(16)15-9-12-3-2-8-17-12/h4-7,12,14H,2-3,8-9H2,1H3,(H,15,16). The Morgan fingerprint density at radius 3 is 2.76 bits per heavy atom. The Morgan fingerprint density at radius 2 is 2.18 bits per heavy atom. The van der Waals surface area contributed by atoms with Crippen molar-refractivity contribution in [3.05, 3.63) is 29.8 Å². The summed E-state index contributed by atoms with van der Waals surface area (Å²) in [6, 6.07) is 7.53. The number of carbonyl (C=O) groups excluding carboxylic acids is 1. The van der Waals surface area contributed by atoms with Crippen LogP contribution in [0.15, 0.2) is 24.3 Å². The Hall–Kier alpha value is -1.16. The van der Waals surface area contributed by atoms with Gasteiger partial charge in [0.15, 0.2) is 0 Å². The van der Waals surface area contributed by atoms with Gasteiger partial charge in [0.05, 0.1) is 0 Å². The minimum absolute atomic E-state index is 0.0279. The molecule has 1 aliphatic heterocycles. The molecular formula is C13H18N2OS. The predicted octanol–water partition coefficient (Wildman–Crippen LogP) is 2.35. The number of hydrogen-bond donors (Lipinski definition) is 2. The molecule has 1 aromatic carbocycles. The number of carbonyl (C=O) groups is 1. The van der Waals surface area contributed by atoms with Crippen LogP contribution in [0.25, 0.3) is 0 Å². The highest BCUT2D eigenvalue weighted by molar-refractivity contribution is 8.00. The Kier molecular flexibility index (Phi) is 4.31. The van der Waals surface area contributed by atoms with Gasteiger partial charge < -0.3 is 10.6 Å². The summed E-state index contributed by atoms with van der Waals surface area (Å²) >= 11 is 1.96. The molecule has 2 N–H and O–H groups in total. The van der Waals surface area contributed by atoms with Crippen LogP contribution in [0.2, 0.25) is 0 Å². The molecular weight excluding hydrogens is 232 g/mol. The van der Waals surface area contributed by atoms with Crippen LogP contribution in [-0.4, -0.2) is 30.5 Å². The summed E-state index contributed by atoms with van der Waals surface area (Å²) in [5, 5.41) is 6.64. The molecule has 1 fully saturated rings. The largest absolute Gasteiger partial charge is 0.388 e. The van der Waals surface area contributed by atoms with Crippen molar-refractivity contribution in [2.45, 2.75) is 18.1 Å². The van der Waals surface area contributed by atoms with Crippen LogP contribution < -0.4 is 10.6 Å². The van der Waals surface area contributed by atoms with E-state index in [0.29, 0.717) is 5.25 Å². The molecule has 1 atom stereocenters. The molecule has 1 heterocycles. The zero-order chi connectivity index (χ0) is 12.1. The first-order valence-corrected chi connectivity index (χ1v) is 7.02. The summed E-state index contributed by atoms with van der Waals surface area (Å²) in [6.45, 7) is 0.789. The summed E-state index contributed by atoms with van der Waals surface area (Å²) in [6.07, 6.45) is 2.51. The van der Waals surface area contributed by atoms with Crippen molar-refractivity contribution in [3.63, 3.8) is 0 Å². The highest BCUT2D eigenvalue weighted by Gasteiger charge is 2.16. The molecule has 1 amide bonds. The zero-order valence-corrected chi connectivity index (χ0v) is 10.8. The smallest absolute Gasteiger partial charge is 0.251 e. The van der Waals surface area contributed by atoms with Crippen LogP contribution in [0, 0.1) is 0 Å². The van der Waals surface area contributed by atoms with Crippen molar-refractivity contribution >= 4 is 23.4 Å². The first-order chi connectivity index (χ1) is 8.29. The second-order valence-electron chi connectivity index (χ2n) is 4.17. The quantitative estimate of drug-likeness (QED) is 0.862. The fourth-order valence-electron chi connectivity index (χ4n) is 1.90. The lowest BCUT2D eigenvalue weighted by Crippen LogP contribution is -2.29. The third-order valence-corrected chi connectivity index (χ3v) is 4.35. The van der Waals surface area contributed by atoms with Gasteiger partial charge in [-0.1, -0.05) is 0 Å². The number of benzene rings is 1. The van der Waals surface area contributed by atoms with Crippen LogP contribution in [-0.2, 0) is 0 Å². The molecule has 0 aliphatic carbocycles. The summed E-state index contributed by atoms with van der Waals surface area (Å²) in [5.74, 6) is 1.26. The molecule has 1 aromatic rings. The number of nitrogens with one attached hydrogen (secondary N) is 2. The average molecular weight is 250 g/mol. The third-order valence-electron chi connectivity index (χ3n) is 2.95. The molecule has 92 valence electrons. The fraction of sp³-hybridized carbons (Fsp3) is 0.462. The third kappa shape index (κ3) is 3.40. The summed E-state index contributed by atoms with van der Waals surface area (Å²) in [7, 11) is 1.87. The molecule has 2 rings (SSSR count). The Balaban J connectivity index is 1.85. The predicted molar refractivity (Wildman–Crippen MR) is 73.8 cm³/mol. The summed E-state index contributed by atoms with van der Waals surface area (Å²) < 4.78 is 0. The number of thioether (sulfide) groups is 1. The lowest BCUT2D eigenvalue weighted by molar-refractivity contribution is 0.0953. The molecule has 4 heteroatoms. The van der Waals surface area contributed by atoms with Crippen molar-refractivity contribution in [2.24, 2.45) is 0 Å². The van der Waals surface area contributed by atoms with Crippen molar-refractivity contribution in [3.8, 4) is 0 Å². The first kappa shape index (κ1) is 12.3. The van der Waals surface area contributed by atoms with Crippen molar-refractivity contribution in [2.75, 3.05) is 24.7 Å². The number of hydrogen-bond acceptors (Lipinski definition) is 3. The van der Waals surface area contributed by atoms with E-state index in [9.17, 15) is 4.79 Å². The SMILES string of the molecule is CNc1ccc(C(=O)NCC2CCCS2)cc1. The van der Waals surface area contributed by atoms with Gasteiger partial charge in [-0.25, -0.2) is 0 Å². The van der Waals surface area contributed by atoms with Gasteiger partial charge >= 0.3 is 0 Å². The number of anilines is 1. The van der Waals surface area contributed by atoms with E-state index >= 15 is 0 Å². The van der Waals surface area contributed by atoms with E-state index in [0.717, 1.165) is 17.8 Å². The maximum Gasteiger partial charge on any atom is 0.251 e. The molecule has 0 bridgehead atoms. The number of amides is 1. The molecule has 3 nitrogen and oxygen atoms in total. The van der Waals surface area contributed by atoms with E-state index in [4.69, 9.17) is 0 Å². The highest BCUT2D eigenvalue weighted by Crippen LogP contribution is 2.25. The minimum Gasteiger partial charge on any atom is -0.388 e. The number of rotatable bonds is 4. The van der Waals surface area contributed by atoms with Crippen LogP contribution >= 0.6 is 11.8 Å². The van der Waals surface area contributed by atoms with E-state index in [-0.39, 0.29) is 5.91 Å². The molecule has 17 heavy (non-hydrogen) atoms. The lowest BCUT2D eigenvalue weighted by atomic mass is 10.2. The molecule has 0 aromatic heterocycles. The van der Waals surface area contributed by atoms with Gasteiger partial charge in [0.2, 0.25) is 0 Å². The summed E-state index contributed by atoms with van der Waals surface area (Å²) in [4.78, 5) is 11.9. The Labute approximate surface area is 106 Å². The van der Waals surface area contributed by atoms with Gasteiger partial charge in [-0.2, -0.15) is 11.8 Å². The monoisotopic (exact) mass is 250 g/mol. The molecule has 0 saturated carbocycles. The molecule has 1 saturated heterocycles. The lowest BCUT2D eigenvalue weighted by Gasteiger charge is -2.10. The normalized spacial score (nSPS) is 19.0. The highest BCUT2D eigenvalue weighted by atomic mass is 32.2. The van der Waals surface area contributed by atoms with Gasteiger partial charge in [0, 0.05) is 30.1 Å². The minimum atomic E-state index is 0.0279. The van der Waals surface area contributed by atoms with E-state index in [1.165, 1.54) is 18.6 Å². The van der Waals surface area contributed by atoms with Gasteiger partial charge in [-0.05, 0) is 42.9 Å². The van der Waals surface area contributed by atoms with Gasteiger partial charge in [0.25, 0.3) is 5.91 Å². The van der Waals surface area contributed by atoms with E-state index in [1.807, 2.05) is 43.1 Å². The second-order valence-corrected chi connectivity index (χ2v) is 5.58. The van der Waals surface area contributed by atoms with Crippen molar-refractivity contribution in [1.29, 1.82) is 0 Å². The van der Waals surface area contributed by atoms with Crippen LogP contribution in [0.1, 0.15) is 23.2 Å². The Bertz CT molecular complexity index is 372. The van der Waals surface area contributed by atoms with E-state index in [2.05, 4.69) is 10.6 Å². The topological polar surface area (TPSA) is 41.1 Å².